The number of aromatic nitrogens is 1. The molecule has 0 aliphatic rings. The molecular formula is C18H14ClFN2O3. The van der Waals surface area contributed by atoms with E-state index in [2.05, 4.69) is 10.3 Å². The molecule has 0 unspecified atom stereocenters. The normalized spacial score (nSPS) is 10.6. The number of anilines is 2. The molecule has 0 saturated carbocycles. The van der Waals surface area contributed by atoms with E-state index in [1.54, 1.807) is 18.2 Å². The molecule has 0 aliphatic carbocycles. The van der Waals surface area contributed by atoms with Crippen molar-refractivity contribution in [3.63, 3.8) is 0 Å². The molecule has 1 heterocycles. The standard InChI is InChI=1S/C18H14ClFN2O3/c1-24-17-6-3-10(19)7-15(17)22-14-9-16(18(23)25-2)21-13-5-4-11(20)8-12(13)14/h3-9H,1-2H3,(H,21,22). The predicted octanol–water partition coefficient (Wildman–Crippen LogP) is 4.57. The molecule has 0 amide bonds. The highest BCUT2D eigenvalue weighted by Gasteiger charge is 2.14. The van der Waals surface area contributed by atoms with E-state index >= 15 is 0 Å². The fraction of sp³-hybridized carbons (Fsp3) is 0.111. The molecule has 3 aromatic rings. The molecule has 0 radical (unpaired) electrons. The first kappa shape index (κ1) is 17.0. The molecule has 25 heavy (non-hydrogen) atoms. The number of hydrogen-bond donors (Lipinski definition) is 1. The zero-order chi connectivity index (χ0) is 18.0. The monoisotopic (exact) mass is 360 g/mol. The lowest BCUT2D eigenvalue weighted by Crippen LogP contribution is -2.06. The molecule has 2 aromatic carbocycles. The van der Waals surface area contributed by atoms with Crippen LogP contribution < -0.4 is 10.1 Å². The maximum atomic E-state index is 13.7. The third kappa shape index (κ3) is 3.49. The summed E-state index contributed by atoms with van der Waals surface area (Å²) in [5.41, 5.74) is 1.60. The minimum atomic E-state index is -0.590. The van der Waals surface area contributed by atoms with Crippen LogP contribution in [0.3, 0.4) is 0 Å². The Morgan fingerprint density at radius 3 is 2.64 bits per heavy atom. The summed E-state index contributed by atoms with van der Waals surface area (Å²) in [6.07, 6.45) is 0. The number of rotatable bonds is 4. The number of esters is 1. The average Bonchev–Trinajstić information content (AvgIpc) is 2.61. The van der Waals surface area contributed by atoms with Crippen LogP contribution in [0.1, 0.15) is 10.5 Å². The van der Waals surface area contributed by atoms with Crippen molar-refractivity contribution in [2.45, 2.75) is 0 Å². The number of nitrogens with zero attached hydrogens (tertiary/aromatic N) is 1. The Kier molecular flexibility index (Phi) is 4.72. The van der Waals surface area contributed by atoms with Crippen molar-refractivity contribution in [3.05, 3.63) is 59.0 Å². The zero-order valence-electron chi connectivity index (χ0n) is 13.5. The van der Waals surface area contributed by atoms with E-state index in [1.807, 2.05) is 0 Å². The smallest absolute Gasteiger partial charge is 0.356 e. The Hall–Kier alpha value is -2.86. The Balaban J connectivity index is 2.18. The number of hydrogen-bond acceptors (Lipinski definition) is 5. The summed E-state index contributed by atoms with van der Waals surface area (Å²) in [6.45, 7) is 0. The van der Waals surface area contributed by atoms with Gasteiger partial charge in [-0.1, -0.05) is 11.6 Å². The van der Waals surface area contributed by atoms with Gasteiger partial charge in [0.05, 0.1) is 31.1 Å². The maximum absolute atomic E-state index is 13.7. The fourth-order valence-corrected chi connectivity index (χ4v) is 2.61. The van der Waals surface area contributed by atoms with Crippen LogP contribution in [0, 0.1) is 5.82 Å². The lowest BCUT2D eigenvalue weighted by atomic mass is 10.1. The number of pyridine rings is 1. The summed E-state index contributed by atoms with van der Waals surface area (Å²) in [4.78, 5) is 16.1. The lowest BCUT2D eigenvalue weighted by molar-refractivity contribution is 0.0594. The van der Waals surface area contributed by atoms with Crippen molar-refractivity contribution in [2.24, 2.45) is 0 Å². The van der Waals surface area contributed by atoms with Gasteiger partial charge in [0.1, 0.15) is 11.6 Å². The number of halogens is 2. The maximum Gasteiger partial charge on any atom is 0.356 e. The van der Waals surface area contributed by atoms with Crippen LogP contribution in [-0.2, 0) is 4.74 Å². The van der Waals surface area contributed by atoms with Crippen molar-refractivity contribution >= 4 is 39.8 Å². The second-order valence-corrected chi connectivity index (χ2v) is 5.61. The summed E-state index contributed by atoms with van der Waals surface area (Å²) < 4.78 is 23.7. The highest BCUT2D eigenvalue weighted by molar-refractivity contribution is 6.31. The van der Waals surface area contributed by atoms with Gasteiger partial charge in [-0.15, -0.1) is 0 Å². The molecule has 0 bridgehead atoms. The van der Waals surface area contributed by atoms with E-state index in [9.17, 15) is 9.18 Å². The number of methoxy groups -OCH3 is 2. The van der Waals surface area contributed by atoms with Crippen LogP contribution in [0.4, 0.5) is 15.8 Å². The van der Waals surface area contributed by atoms with Crippen LogP contribution >= 0.6 is 11.6 Å². The molecule has 0 saturated heterocycles. The van der Waals surface area contributed by atoms with E-state index in [0.29, 0.717) is 33.0 Å². The summed E-state index contributed by atoms with van der Waals surface area (Å²) >= 11 is 6.05. The molecule has 0 aliphatic heterocycles. The quantitative estimate of drug-likeness (QED) is 0.691. The van der Waals surface area contributed by atoms with Crippen LogP contribution in [0.25, 0.3) is 10.9 Å². The molecule has 128 valence electrons. The van der Waals surface area contributed by atoms with Crippen molar-refractivity contribution in [2.75, 3.05) is 19.5 Å². The molecule has 0 spiro atoms. The van der Waals surface area contributed by atoms with Crippen molar-refractivity contribution in [1.29, 1.82) is 0 Å². The Bertz CT molecular complexity index is 962. The van der Waals surface area contributed by atoms with Gasteiger partial charge in [-0.3, -0.25) is 0 Å². The molecular weight excluding hydrogens is 347 g/mol. The van der Waals surface area contributed by atoms with E-state index in [0.717, 1.165) is 0 Å². The van der Waals surface area contributed by atoms with Crippen molar-refractivity contribution < 1.29 is 18.7 Å². The first-order valence-corrected chi connectivity index (χ1v) is 7.69. The SMILES string of the molecule is COC(=O)c1cc(Nc2cc(Cl)ccc2OC)c2cc(F)ccc2n1. The molecule has 1 N–H and O–H groups in total. The third-order valence-corrected chi connectivity index (χ3v) is 3.83. The van der Waals surface area contributed by atoms with Crippen molar-refractivity contribution in [1.82, 2.24) is 4.98 Å². The van der Waals surface area contributed by atoms with Gasteiger partial charge in [-0.25, -0.2) is 14.2 Å². The van der Waals surface area contributed by atoms with E-state index in [1.165, 1.54) is 38.5 Å². The zero-order valence-corrected chi connectivity index (χ0v) is 14.2. The van der Waals surface area contributed by atoms with Gasteiger partial charge < -0.3 is 14.8 Å². The number of benzene rings is 2. The van der Waals surface area contributed by atoms with Gasteiger partial charge in [0.15, 0.2) is 5.69 Å². The van der Waals surface area contributed by atoms with Crippen LogP contribution in [0.2, 0.25) is 5.02 Å². The molecule has 0 fully saturated rings. The fourth-order valence-electron chi connectivity index (χ4n) is 2.43. The van der Waals surface area contributed by atoms with E-state index in [4.69, 9.17) is 21.1 Å². The van der Waals surface area contributed by atoms with Gasteiger partial charge in [0, 0.05) is 10.4 Å². The summed E-state index contributed by atoms with van der Waals surface area (Å²) in [6, 6.07) is 10.7. The number of nitrogens with one attached hydrogen (secondary N) is 1. The van der Waals surface area contributed by atoms with Gasteiger partial charge in [-0.05, 0) is 42.5 Å². The Morgan fingerprint density at radius 1 is 1.12 bits per heavy atom. The van der Waals surface area contributed by atoms with Gasteiger partial charge in [0.25, 0.3) is 0 Å². The molecule has 1 aromatic heterocycles. The van der Waals surface area contributed by atoms with Crippen molar-refractivity contribution in [3.8, 4) is 5.75 Å². The largest absolute Gasteiger partial charge is 0.495 e. The number of ether oxygens (including phenoxy) is 2. The summed E-state index contributed by atoms with van der Waals surface area (Å²) in [5.74, 6) is -0.459. The van der Waals surface area contributed by atoms with Crippen LogP contribution in [0.5, 0.6) is 5.75 Å². The molecule has 5 nitrogen and oxygen atoms in total. The predicted molar refractivity (Wildman–Crippen MR) is 94.3 cm³/mol. The lowest BCUT2D eigenvalue weighted by Gasteiger charge is -2.14. The van der Waals surface area contributed by atoms with Crippen LogP contribution in [-0.4, -0.2) is 25.2 Å². The number of carbonyl (C=O) groups is 1. The molecule has 7 heteroatoms. The number of fused-ring (bicyclic) bond motifs is 1. The first-order valence-electron chi connectivity index (χ1n) is 7.31. The second-order valence-electron chi connectivity index (χ2n) is 5.18. The van der Waals surface area contributed by atoms with Gasteiger partial charge in [0.2, 0.25) is 0 Å². The highest BCUT2D eigenvalue weighted by Crippen LogP contribution is 2.33. The second kappa shape index (κ2) is 6.94. The Morgan fingerprint density at radius 2 is 1.92 bits per heavy atom. The minimum Gasteiger partial charge on any atom is -0.495 e. The Labute approximate surface area is 148 Å². The first-order chi connectivity index (χ1) is 12.0. The summed E-state index contributed by atoms with van der Waals surface area (Å²) in [7, 11) is 2.80. The van der Waals surface area contributed by atoms with E-state index in [-0.39, 0.29) is 5.69 Å². The summed E-state index contributed by atoms with van der Waals surface area (Å²) in [5, 5.41) is 4.14. The topological polar surface area (TPSA) is 60.5 Å². The van der Waals surface area contributed by atoms with Crippen LogP contribution in [0.15, 0.2) is 42.5 Å². The van der Waals surface area contributed by atoms with Gasteiger partial charge >= 0.3 is 5.97 Å². The highest BCUT2D eigenvalue weighted by atomic mass is 35.5. The number of carbonyl (C=O) groups excluding carboxylic acids is 1. The third-order valence-electron chi connectivity index (χ3n) is 3.60. The average molecular weight is 361 g/mol. The molecule has 0 atom stereocenters. The minimum absolute atomic E-state index is 0.102. The van der Waals surface area contributed by atoms with E-state index < -0.39 is 11.8 Å². The molecule has 3 rings (SSSR count). The van der Waals surface area contributed by atoms with Gasteiger partial charge in [-0.2, -0.15) is 0 Å².